The van der Waals surface area contributed by atoms with E-state index >= 15 is 0 Å². The van der Waals surface area contributed by atoms with E-state index in [1.807, 2.05) is 0 Å². The molecule has 2 aromatic rings. The van der Waals surface area contributed by atoms with E-state index in [4.69, 9.17) is 5.73 Å². The fourth-order valence-corrected chi connectivity index (χ4v) is 1.10. The monoisotopic (exact) mass is 165 g/mol. The molecule has 0 amide bonds. The first-order chi connectivity index (χ1) is 5.68. The number of aromatic amines is 1. The average molecular weight is 165 g/mol. The van der Waals surface area contributed by atoms with Gasteiger partial charge in [-0.3, -0.25) is 14.5 Å². The Kier molecular flexibility index (Phi) is 1.18. The molecule has 0 saturated heterocycles. The van der Waals surface area contributed by atoms with Crippen molar-refractivity contribution in [3.05, 3.63) is 16.6 Å². The Morgan fingerprint density at radius 3 is 3.17 bits per heavy atom. The fraction of sp³-hybridized carbons (Fsp3) is 0.167. The van der Waals surface area contributed by atoms with Crippen LogP contribution in [0.4, 0.5) is 5.95 Å². The van der Waals surface area contributed by atoms with Crippen LogP contribution in [-0.2, 0) is 7.05 Å². The number of aromatic nitrogens is 4. The second kappa shape index (κ2) is 2.07. The van der Waals surface area contributed by atoms with Crippen LogP contribution in [0.3, 0.4) is 0 Å². The predicted octanol–water partition coefficient (Wildman–Crippen LogP) is -0.761. The summed E-state index contributed by atoms with van der Waals surface area (Å²) in [6.07, 6.45) is 1.50. The van der Waals surface area contributed by atoms with Gasteiger partial charge in [-0.1, -0.05) is 0 Å². The highest BCUT2D eigenvalue weighted by Gasteiger charge is 2.05. The topological polar surface area (TPSA) is 89.6 Å². The molecule has 0 fully saturated rings. The third-order valence-corrected chi connectivity index (χ3v) is 1.62. The SMILES string of the molecule is Cn1ncc2nc(N)[nH]c(=O)c21. The summed E-state index contributed by atoms with van der Waals surface area (Å²) in [5.74, 6) is 0.112. The maximum Gasteiger partial charge on any atom is 0.278 e. The minimum absolute atomic E-state index is 0.112. The number of nitrogens with zero attached hydrogens (tertiary/aromatic N) is 3. The van der Waals surface area contributed by atoms with Crippen LogP contribution in [0.25, 0.3) is 11.0 Å². The molecular formula is C6H7N5O. The highest BCUT2D eigenvalue weighted by molar-refractivity contribution is 5.73. The van der Waals surface area contributed by atoms with E-state index in [1.165, 1.54) is 10.9 Å². The number of fused-ring (bicyclic) bond motifs is 1. The molecule has 0 radical (unpaired) electrons. The number of anilines is 1. The number of nitrogens with one attached hydrogen (secondary N) is 1. The van der Waals surface area contributed by atoms with Crippen molar-refractivity contribution in [3.63, 3.8) is 0 Å². The molecule has 2 heterocycles. The maximum absolute atomic E-state index is 11.2. The lowest BCUT2D eigenvalue weighted by atomic mass is 10.5. The first-order valence-electron chi connectivity index (χ1n) is 3.36. The van der Waals surface area contributed by atoms with Crippen LogP contribution in [0.1, 0.15) is 0 Å². The van der Waals surface area contributed by atoms with Crippen LogP contribution in [0.15, 0.2) is 11.0 Å². The largest absolute Gasteiger partial charge is 0.369 e. The van der Waals surface area contributed by atoms with Gasteiger partial charge in [-0.15, -0.1) is 0 Å². The number of rotatable bonds is 0. The molecule has 0 unspecified atom stereocenters. The molecule has 0 bridgehead atoms. The van der Waals surface area contributed by atoms with Gasteiger partial charge in [-0.2, -0.15) is 5.10 Å². The average Bonchev–Trinajstić information content (AvgIpc) is 2.31. The lowest BCUT2D eigenvalue weighted by molar-refractivity contribution is 0.792. The number of H-pyrrole nitrogens is 1. The highest BCUT2D eigenvalue weighted by atomic mass is 16.1. The molecule has 0 aliphatic rings. The van der Waals surface area contributed by atoms with E-state index in [0.717, 1.165) is 0 Å². The molecule has 0 saturated carbocycles. The van der Waals surface area contributed by atoms with E-state index in [0.29, 0.717) is 11.0 Å². The third kappa shape index (κ3) is 0.777. The van der Waals surface area contributed by atoms with Crippen LogP contribution in [0.5, 0.6) is 0 Å². The normalized spacial score (nSPS) is 10.8. The molecular weight excluding hydrogens is 158 g/mol. The van der Waals surface area contributed by atoms with E-state index in [2.05, 4.69) is 15.1 Å². The number of nitrogen functional groups attached to an aromatic ring is 1. The van der Waals surface area contributed by atoms with Gasteiger partial charge in [0.05, 0.1) is 6.20 Å². The van der Waals surface area contributed by atoms with Crippen molar-refractivity contribution in [2.24, 2.45) is 7.05 Å². The second-order valence-electron chi connectivity index (χ2n) is 2.45. The van der Waals surface area contributed by atoms with Crippen molar-refractivity contribution in [1.29, 1.82) is 0 Å². The minimum Gasteiger partial charge on any atom is -0.369 e. The summed E-state index contributed by atoms with van der Waals surface area (Å²) in [4.78, 5) is 17.5. The highest BCUT2D eigenvalue weighted by Crippen LogP contribution is 2.03. The Morgan fingerprint density at radius 2 is 2.42 bits per heavy atom. The lowest BCUT2D eigenvalue weighted by Gasteiger charge is -1.93. The van der Waals surface area contributed by atoms with Crippen molar-refractivity contribution >= 4 is 17.0 Å². The van der Waals surface area contributed by atoms with Gasteiger partial charge in [-0.05, 0) is 0 Å². The molecule has 6 nitrogen and oxygen atoms in total. The fourth-order valence-electron chi connectivity index (χ4n) is 1.10. The second-order valence-corrected chi connectivity index (χ2v) is 2.45. The van der Waals surface area contributed by atoms with Crippen molar-refractivity contribution in [2.45, 2.75) is 0 Å². The van der Waals surface area contributed by atoms with Crippen molar-refractivity contribution < 1.29 is 0 Å². The summed E-state index contributed by atoms with van der Waals surface area (Å²) in [6, 6.07) is 0. The zero-order valence-corrected chi connectivity index (χ0v) is 6.40. The minimum atomic E-state index is -0.266. The van der Waals surface area contributed by atoms with Crippen LogP contribution in [-0.4, -0.2) is 19.7 Å². The van der Waals surface area contributed by atoms with Gasteiger partial charge in [0.15, 0.2) is 5.52 Å². The van der Waals surface area contributed by atoms with E-state index in [-0.39, 0.29) is 11.5 Å². The van der Waals surface area contributed by atoms with E-state index < -0.39 is 0 Å². The molecule has 0 aromatic carbocycles. The summed E-state index contributed by atoms with van der Waals surface area (Å²) < 4.78 is 1.46. The molecule has 6 heteroatoms. The smallest absolute Gasteiger partial charge is 0.278 e. The van der Waals surface area contributed by atoms with Crippen LogP contribution in [0, 0.1) is 0 Å². The van der Waals surface area contributed by atoms with Crippen molar-refractivity contribution in [1.82, 2.24) is 19.7 Å². The molecule has 3 N–H and O–H groups in total. The lowest BCUT2D eigenvalue weighted by Crippen LogP contribution is -2.13. The van der Waals surface area contributed by atoms with Gasteiger partial charge in [0, 0.05) is 7.05 Å². The number of hydrogen-bond acceptors (Lipinski definition) is 4. The van der Waals surface area contributed by atoms with E-state index in [1.54, 1.807) is 7.05 Å². The molecule has 62 valence electrons. The maximum atomic E-state index is 11.2. The molecule has 2 rings (SSSR count). The van der Waals surface area contributed by atoms with Crippen molar-refractivity contribution in [3.8, 4) is 0 Å². The summed E-state index contributed by atoms with van der Waals surface area (Å²) in [5.41, 5.74) is 6.01. The van der Waals surface area contributed by atoms with Gasteiger partial charge in [-0.25, -0.2) is 4.98 Å². The standard InChI is InChI=1S/C6H7N5O/c1-11-4-3(2-8-11)9-6(7)10-5(4)12/h2H,1H3,(H3,7,9,10,12). The molecule has 0 aliphatic heterocycles. The Hall–Kier alpha value is -1.85. The Labute approximate surface area is 67.0 Å². The van der Waals surface area contributed by atoms with Gasteiger partial charge in [0.2, 0.25) is 5.95 Å². The molecule has 0 aliphatic carbocycles. The van der Waals surface area contributed by atoms with Crippen LogP contribution in [0.2, 0.25) is 0 Å². The number of hydrogen-bond donors (Lipinski definition) is 2. The molecule has 2 aromatic heterocycles. The van der Waals surface area contributed by atoms with Gasteiger partial charge < -0.3 is 5.73 Å². The Morgan fingerprint density at radius 1 is 1.67 bits per heavy atom. The molecule has 0 spiro atoms. The predicted molar refractivity (Wildman–Crippen MR) is 43.5 cm³/mol. The van der Waals surface area contributed by atoms with Crippen LogP contribution < -0.4 is 11.3 Å². The van der Waals surface area contributed by atoms with Crippen LogP contribution >= 0.6 is 0 Å². The first-order valence-corrected chi connectivity index (χ1v) is 3.36. The van der Waals surface area contributed by atoms with Crippen molar-refractivity contribution in [2.75, 3.05) is 5.73 Å². The first kappa shape index (κ1) is 6.84. The zero-order chi connectivity index (χ0) is 8.72. The molecule has 0 atom stereocenters. The van der Waals surface area contributed by atoms with Gasteiger partial charge >= 0.3 is 0 Å². The quantitative estimate of drug-likeness (QED) is 0.536. The summed E-state index contributed by atoms with van der Waals surface area (Å²) in [7, 11) is 1.68. The van der Waals surface area contributed by atoms with E-state index in [9.17, 15) is 4.79 Å². The Bertz CT molecular complexity index is 482. The number of aryl methyl sites for hydroxylation is 1. The van der Waals surface area contributed by atoms with Gasteiger partial charge in [0.1, 0.15) is 5.52 Å². The zero-order valence-electron chi connectivity index (χ0n) is 6.40. The van der Waals surface area contributed by atoms with Gasteiger partial charge in [0.25, 0.3) is 5.56 Å². The summed E-state index contributed by atoms with van der Waals surface area (Å²) in [6.45, 7) is 0. The third-order valence-electron chi connectivity index (χ3n) is 1.62. The Balaban J connectivity index is 3.03. The number of nitrogens with two attached hydrogens (primary N) is 1. The summed E-state index contributed by atoms with van der Waals surface area (Å²) in [5, 5.41) is 3.88. The summed E-state index contributed by atoms with van der Waals surface area (Å²) >= 11 is 0. The molecule has 12 heavy (non-hydrogen) atoms.